The van der Waals surface area contributed by atoms with E-state index in [2.05, 4.69) is 27.8 Å². The molecule has 0 amide bonds. The van der Waals surface area contributed by atoms with Gasteiger partial charge in [0, 0.05) is 12.5 Å². The van der Waals surface area contributed by atoms with Crippen LogP contribution in [0.1, 0.15) is 31.4 Å². The SMILES string of the molecule is CC#CCCC(N)c1cccc(F)c1Br. The highest BCUT2D eigenvalue weighted by atomic mass is 79.9. The predicted molar refractivity (Wildman–Crippen MR) is 63.7 cm³/mol. The molecular formula is C12H13BrFN. The van der Waals surface area contributed by atoms with Crippen molar-refractivity contribution in [3.05, 3.63) is 34.1 Å². The second-order valence-corrected chi connectivity index (χ2v) is 4.01. The Bertz CT molecular complexity index is 392. The molecule has 2 N–H and O–H groups in total. The van der Waals surface area contributed by atoms with E-state index in [0.29, 0.717) is 4.47 Å². The van der Waals surface area contributed by atoms with Crippen molar-refractivity contribution in [3.8, 4) is 11.8 Å². The average Bonchev–Trinajstić information content (AvgIpc) is 2.22. The summed E-state index contributed by atoms with van der Waals surface area (Å²) in [7, 11) is 0. The van der Waals surface area contributed by atoms with Crippen molar-refractivity contribution in [2.75, 3.05) is 0 Å². The van der Waals surface area contributed by atoms with Crippen molar-refractivity contribution in [3.63, 3.8) is 0 Å². The number of nitrogens with two attached hydrogens (primary N) is 1. The molecule has 80 valence electrons. The number of hydrogen-bond donors (Lipinski definition) is 1. The van der Waals surface area contributed by atoms with Crippen LogP contribution in [0.2, 0.25) is 0 Å². The summed E-state index contributed by atoms with van der Waals surface area (Å²) in [5, 5.41) is 0. The Morgan fingerprint density at radius 2 is 2.27 bits per heavy atom. The fourth-order valence-electron chi connectivity index (χ4n) is 1.32. The van der Waals surface area contributed by atoms with E-state index in [4.69, 9.17) is 5.73 Å². The molecule has 1 atom stereocenters. The Morgan fingerprint density at radius 1 is 1.53 bits per heavy atom. The lowest BCUT2D eigenvalue weighted by atomic mass is 10.0. The number of hydrogen-bond acceptors (Lipinski definition) is 1. The summed E-state index contributed by atoms with van der Waals surface area (Å²) in [4.78, 5) is 0. The lowest BCUT2D eigenvalue weighted by Gasteiger charge is -2.12. The van der Waals surface area contributed by atoms with E-state index >= 15 is 0 Å². The van der Waals surface area contributed by atoms with Gasteiger partial charge >= 0.3 is 0 Å². The van der Waals surface area contributed by atoms with Gasteiger partial charge in [-0.2, -0.15) is 0 Å². The maximum atomic E-state index is 13.2. The minimum Gasteiger partial charge on any atom is -0.324 e. The molecule has 3 heteroatoms. The molecule has 0 aromatic heterocycles. The average molecular weight is 270 g/mol. The van der Waals surface area contributed by atoms with E-state index in [1.165, 1.54) is 6.07 Å². The standard InChI is InChI=1S/C12H13BrFN/c1-2-3-4-8-11(15)9-6-5-7-10(14)12(9)13/h5-7,11H,4,8,15H2,1H3. The summed E-state index contributed by atoms with van der Waals surface area (Å²) < 4.78 is 13.7. The molecule has 1 aromatic rings. The maximum absolute atomic E-state index is 13.2. The molecule has 0 heterocycles. The third kappa shape index (κ3) is 3.33. The largest absolute Gasteiger partial charge is 0.324 e. The Hall–Kier alpha value is -0.850. The van der Waals surface area contributed by atoms with E-state index in [1.54, 1.807) is 13.0 Å². The molecule has 0 saturated carbocycles. The van der Waals surface area contributed by atoms with Crippen molar-refractivity contribution >= 4 is 15.9 Å². The smallest absolute Gasteiger partial charge is 0.137 e. The first-order valence-electron chi connectivity index (χ1n) is 4.76. The van der Waals surface area contributed by atoms with Crippen molar-refractivity contribution in [2.45, 2.75) is 25.8 Å². The van der Waals surface area contributed by atoms with Gasteiger partial charge in [0.25, 0.3) is 0 Å². The van der Waals surface area contributed by atoms with Crippen LogP contribution in [0.25, 0.3) is 0 Å². The zero-order chi connectivity index (χ0) is 11.3. The molecule has 0 spiro atoms. The summed E-state index contributed by atoms with van der Waals surface area (Å²) in [6, 6.07) is 4.74. The van der Waals surface area contributed by atoms with Gasteiger partial charge in [0.15, 0.2) is 0 Å². The fraction of sp³-hybridized carbons (Fsp3) is 0.333. The van der Waals surface area contributed by atoms with Crippen LogP contribution in [0.4, 0.5) is 4.39 Å². The number of benzene rings is 1. The first-order chi connectivity index (χ1) is 7.16. The number of rotatable bonds is 3. The Balaban J connectivity index is 2.76. The van der Waals surface area contributed by atoms with Gasteiger partial charge in [0.2, 0.25) is 0 Å². The predicted octanol–water partition coefficient (Wildman–Crippen LogP) is 3.39. The van der Waals surface area contributed by atoms with Crippen LogP contribution in [0.15, 0.2) is 22.7 Å². The third-order valence-electron chi connectivity index (χ3n) is 2.14. The summed E-state index contributed by atoms with van der Waals surface area (Å²) in [6.07, 6.45) is 1.48. The van der Waals surface area contributed by atoms with Crippen LogP contribution in [-0.2, 0) is 0 Å². The molecule has 1 aromatic carbocycles. The van der Waals surface area contributed by atoms with Gasteiger partial charge < -0.3 is 5.73 Å². The van der Waals surface area contributed by atoms with Gasteiger partial charge in [-0.1, -0.05) is 12.1 Å². The first-order valence-corrected chi connectivity index (χ1v) is 5.55. The number of halogens is 2. The Kier molecular flexibility index (Phi) is 4.80. The first kappa shape index (κ1) is 12.2. The van der Waals surface area contributed by atoms with Gasteiger partial charge in [-0.25, -0.2) is 4.39 Å². The molecule has 1 unspecified atom stereocenters. The van der Waals surface area contributed by atoms with Crippen LogP contribution in [0, 0.1) is 17.7 Å². The molecule has 0 bridgehead atoms. The zero-order valence-corrected chi connectivity index (χ0v) is 10.1. The second-order valence-electron chi connectivity index (χ2n) is 3.21. The normalized spacial score (nSPS) is 11.7. The highest BCUT2D eigenvalue weighted by Gasteiger charge is 2.11. The summed E-state index contributed by atoms with van der Waals surface area (Å²) in [5.74, 6) is 5.48. The van der Waals surface area contributed by atoms with Crippen molar-refractivity contribution in [1.82, 2.24) is 0 Å². The van der Waals surface area contributed by atoms with Crippen LogP contribution in [0.3, 0.4) is 0 Å². The highest BCUT2D eigenvalue weighted by Crippen LogP contribution is 2.26. The van der Waals surface area contributed by atoms with Crippen LogP contribution >= 0.6 is 15.9 Å². The molecule has 1 nitrogen and oxygen atoms in total. The monoisotopic (exact) mass is 269 g/mol. The van der Waals surface area contributed by atoms with Gasteiger partial charge in [0.05, 0.1) is 4.47 Å². The molecule has 0 radical (unpaired) electrons. The molecule has 0 saturated heterocycles. The van der Waals surface area contributed by atoms with Gasteiger partial charge in [-0.3, -0.25) is 0 Å². The summed E-state index contributed by atoms with van der Waals surface area (Å²) in [6.45, 7) is 1.80. The van der Waals surface area contributed by atoms with Crippen LogP contribution in [-0.4, -0.2) is 0 Å². The van der Waals surface area contributed by atoms with Gasteiger partial charge in [0.1, 0.15) is 5.82 Å². The molecule has 0 aliphatic rings. The maximum Gasteiger partial charge on any atom is 0.137 e. The van der Waals surface area contributed by atoms with Gasteiger partial charge in [-0.15, -0.1) is 11.8 Å². The lowest BCUT2D eigenvalue weighted by Crippen LogP contribution is -2.11. The Labute approximate surface area is 98.0 Å². The van der Waals surface area contributed by atoms with E-state index in [-0.39, 0.29) is 11.9 Å². The quantitative estimate of drug-likeness (QED) is 0.837. The van der Waals surface area contributed by atoms with Crippen molar-refractivity contribution in [1.29, 1.82) is 0 Å². The molecule has 0 fully saturated rings. The summed E-state index contributed by atoms with van der Waals surface area (Å²) >= 11 is 3.20. The van der Waals surface area contributed by atoms with Crippen LogP contribution in [0.5, 0.6) is 0 Å². The molecular weight excluding hydrogens is 257 g/mol. The molecule has 0 aliphatic carbocycles. The second kappa shape index (κ2) is 5.89. The molecule has 0 aliphatic heterocycles. The lowest BCUT2D eigenvalue weighted by molar-refractivity contribution is 0.604. The highest BCUT2D eigenvalue weighted by molar-refractivity contribution is 9.10. The molecule has 1 rings (SSSR count). The van der Waals surface area contributed by atoms with Crippen LogP contribution < -0.4 is 5.73 Å². The van der Waals surface area contributed by atoms with Crippen molar-refractivity contribution < 1.29 is 4.39 Å². The minimum absolute atomic E-state index is 0.170. The third-order valence-corrected chi connectivity index (χ3v) is 2.97. The summed E-state index contributed by atoms with van der Waals surface area (Å²) in [5.41, 5.74) is 6.74. The van der Waals surface area contributed by atoms with E-state index in [0.717, 1.165) is 18.4 Å². The van der Waals surface area contributed by atoms with Crippen molar-refractivity contribution in [2.24, 2.45) is 5.73 Å². The fourth-order valence-corrected chi connectivity index (χ4v) is 1.87. The van der Waals surface area contributed by atoms with E-state index < -0.39 is 0 Å². The minimum atomic E-state index is -0.274. The zero-order valence-electron chi connectivity index (χ0n) is 8.56. The van der Waals surface area contributed by atoms with E-state index in [1.807, 2.05) is 6.07 Å². The Morgan fingerprint density at radius 3 is 2.93 bits per heavy atom. The van der Waals surface area contributed by atoms with E-state index in [9.17, 15) is 4.39 Å². The van der Waals surface area contributed by atoms with Gasteiger partial charge in [-0.05, 0) is 40.9 Å². The molecule has 15 heavy (non-hydrogen) atoms. The topological polar surface area (TPSA) is 26.0 Å².